The van der Waals surface area contributed by atoms with Gasteiger partial charge in [0.05, 0.1) is 16.5 Å². The number of nitrogens with two attached hydrogens (primary N) is 1. The summed E-state index contributed by atoms with van der Waals surface area (Å²) in [4.78, 5) is 36.1. The van der Waals surface area contributed by atoms with E-state index in [-0.39, 0.29) is 6.71 Å². The molecule has 0 radical (unpaired) electrons. The number of para-hydroxylation sites is 2. The van der Waals surface area contributed by atoms with Crippen LogP contribution in [0, 0.1) is 0 Å². The van der Waals surface area contributed by atoms with Gasteiger partial charge in [-0.25, -0.2) is 24.9 Å². The Kier molecular flexibility index (Phi) is 5.83. The summed E-state index contributed by atoms with van der Waals surface area (Å²) in [7, 11) is 0. The summed E-state index contributed by atoms with van der Waals surface area (Å²) in [5.74, 6) is 1.14. The number of anilines is 2. The van der Waals surface area contributed by atoms with Crippen LogP contribution in [0.5, 0.6) is 0 Å². The molecule has 3 aromatic carbocycles. The first kappa shape index (κ1) is 27.4. The molecule has 0 amide bonds. The summed E-state index contributed by atoms with van der Waals surface area (Å²) < 4.78 is 4.43. The van der Waals surface area contributed by atoms with E-state index >= 15 is 0 Å². The fourth-order valence-electron chi connectivity index (χ4n) is 7.43. The first-order chi connectivity index (χ1) is 24.2. The van der Waals surface area contributed by atoms with Crippen molar-refractivity contribution in [2.24, 2.45) is 10.7 Å². The minimum Gasteiger partial charge on any atom is -0.384 e. The Balaban J connectivity index is 1.43. The second kappa shape index (κ2) is 10.4. The first-order valence-electron chi connectivity index (χ1n) is 16.1. The molecule has 2 aliphatic rings. The van der Waals surface area contributed by atoms with E-state index in [0.29, 0.717) is 11.6 Å². The summed E-state index contributed by atoms with van der Waals surface area (Å²) in [6.45, 7) is 1.71. The summed E-state index contributed by atoms with van der Waals surface area (Å²) in [6, 6.07) is 26.5. The summed E-state index contributed by atoms with van der Waals surface area (Å²) in [5.41, 5.74) is 18.4. The zero-order chi connectivity index (χ0) is 32.6. The summed E-state index contributed by atoms with van der Waals surface area (Å²) >= 11 is 0. The van der Waals surface area contributed by atoms with Gasteiger partial charge in [0.15, 0.2) is 11.5 Å². The Morgan fingerprint density at radius 1 is 0.755 bits per heavy atom. The van der Waals surface area contributed by atoms with Crippen molar-refractivity contribution in [2.75, 3.05) is 4.90 Å². The van der Waals surface area contributed by atoms with Crippen molar-refractivity contribution in [3.05, 3.63) is 121 Å². The quantitative estimate of drug-likeness (QED) is 0.207. The molecule has 5 aromatic heterocycles. The highest BCUT2D eigenvalue weighted by molar-refractivity contribution is 6.94. The van der Waals surface area contributed by atoms with E-state index in [9.17, 15) is 0 Å². The Morgan fingerprint density at radius 3 is 2.27 bits per heavy atom. The average molecular weight is 636 g/mol. The fraction of sp³-hybridized carbons (Fsp3) is 0.0541. The molecular formula is C37H26BN11. The predicted octanol–water partition coefficient (Wildman–Crippen LogP) is 4.99. The van der Waals surface area contributed by atoms with Gasteiger partial charge in [-0.2, -0.15) is 0 Å². The zero-order valence-electron chi connectivity index (χ0n) is 26.3. The van der Waals surface area contributed by atoms with Gasteiger partial charge in [-0.3, -0.25) is 24.0 Å². The largest absolute Gasteiger partial charge is 0.384 e. The number of fused-ring (bicyclic) bond motifs is 7. The molecule has 0 unspecified atom stereocenters. The smallest absolute Gasteiger partial charge is 0.300 e. The minimum absolute atomic E-state index is 0.363. The van der Waals surface area contributed by atoms with Crippen LogP contribution >= 0.6 is 0 Å². The van der Waals surface area contributed by atoms with Gasteiger partial charge in [-0.1, -0.05) is 43.3 Å². The van der Waals surface area contributed by atoms with E-state index in [1.807, 2.05) is 48.7 Å². The second-order valence-corrected chi connectivity index (χ2v) is 12.0. The zero-order valence-corrected chi connectivity index (χ0v) is 26.3. The lowest BCUT2D eigenvalue weighted by molar-refractivity contribution is 1.03. The van der Waals surface area contributed by atoms with Crippen LogP contribution in [0.15, 0.2) is 126 Å². The van der Waals surface area contributed by atoms with Crippen molar-refractivity contribution in [3.8, 4) is 22.8 Å². The van der Waals surface area contributed by atoms with Gasteiger partial charge in [0.25, 0.3) is 0 Å². The predicted molar refractivity (Wildman–Crippen MR) is 193 cm³/mol. The molecule has 2 aliphatic heterocycles. The number of rotatable bonds is 5. The number of hydrogen-bond acceptors (Lipinski definition) is 9. The van der Waals surface area contributed by atoms with Gasteiger partial charge >= 0.3 is 6.71 Å². The Bertz CT molecular complexity index is 2660. The molecule has 49 heavy (non-hydrogen) atoms. The lowest BCUT2D eigenvalue weighted by Gasteiger charge is -2.38. The van der Waals surface area contributed by atoms with E-state index in [1.54, 1.807) is 31.1 Å². The Morgan fingerprint density at radius 2 is 1.49 bits per heavy atom. The Labute approximate surface area is 280 Å². The van der Waals surface area contributed by atoms with Crippen molar-refractivity contribution >= 4 is 68.6 Å². The molecule has 232 valence electrons. The maximum atomic E-state index is 7.21. The van der Waals surface area contributed by atoms with E-state index in [4.69, 9.17) is 30.7 Å². The Hall–Kier alpha value is -6.69. The molecule has 2 N–H and O–H groups in total. The van der Waals surface area contributed by atoms with E-state index in [1.165, 1.54) is 0 Å². The maximum absolute atomic E-state index is 7.21. The van der Waals surface area contributed by atoms with Crippen molar-refractivity contribution in [1.82, 2.24) is 39.0 Å². The van der Waals surface area contributed by atoms with Gasteiger partial charge in [0, 0.05) is 64.9 Å². The monoisotopic (exact) mass is 635 g/mol. The number of aliphatic imine (C=N–C) groups is 1. The van der Waals surface area contributed by atoms with Crippen LogP contribution in [-0.2, 0) is 0 Å². The molecule has 0 bridgehead atoms. The SMILES string of the molecule is CC/C=N\C1=C(N)N(c2ccccc2)c2cc(-c3ncccn3)cc3c2B1c1ncnc2c4c5nccnc5n(-c5ccccc5)c4n-3c12. The highest BCUT2D eigenvalue weighted by atomic mass is 15.2. The third-order valence-electron chi connectivity index (χ3n) is 9.31. The van der Waals surface area contributed by atoms with E-state index < -0.39 is 0 Å². The fourth-order valence-corrected chi connectivity index (χ4v) is 7.43. The van der Waals surface area contributed by atoms with E-state index in [2.05, 4.69) is 67.3 Å². The van der Waals surface area contributed by atoms with Crippen LogP contribution in [0.2, 0.25) is 0 Å². The highest BCUT2D eigenvalue weighted by Gasteiger charge is 2.45. The molecule has 0 spiro atoms. The normalized spacial score (nSPS) is 13.7. The van der Waals surface area contributed by atoms with Crippen LogP contribution in [0.1, 0.15) is 13.3 Å². The van der Waals surface area contributed by atoms with E-state index in [0.717, 1.165) is 84.6 Å². The standard InChI is InChI=1S/C37H26BN11/c1-2-14-41-33-34(39)47(23-10-5-3-6-11-23)25-19-22(35-42-15-9-16-43-35)20-26-28(25)38(33)32-31-29(45-21-46-32)27-30-36(44-18-17-40-30)48(37(27)49(26)31)24-12-7-4-8-13-24/h3-21H,2,39H2,1H3/b41-14-. The van der Waals surface area contributed by atoms with Gasteiger partial charge in [-0.05, 0) is 54.3 Å². The molecule has 8 aromatic rings. The van der Waals surface area contributed by atoms with Crippen LogP contribution in [-0.4, -0.2) is 52.0 Å². The molecule has 7 heterocycles. The van der Waals surface area contributed by atoms with Gasteiger partial charge in [0.2, 0.25) is 0 Å². The van der Waals surface area contributed by atoms with Crippen molar-refractivity contribution < 1.29 is 0 Å². The molecule has 0 atom stereocenters. The lowest BCUT2D eigenvalue weighted by Crippen LogP contribution is -2.56. The molecule has 10 rings (SSSR count). The number of aromatic nitrogens is 8. The molecule has 0 aliphatic carbocycles. The highest BCUT2D eigenvalue weighted by Crippen LogP contribution is 2.43. The van der Waals surface area contributed by atoms with Gasteiger partial charge in [0.1, 0.15) is 28.8 Å². The topological polar surface area (TPSA) is 129 Å². The van der Waals surface area contributed by atoms with Crippen LogP contribution in [0.3, 0.4) is 0 Å². The molecule has 0 saturated heterocycles. The summed E-state index contributed by atoms with van der Waals surface area (Å²) in [6.07, 6.45) is 11.3. The van der Waals surface area contributed by atoms with Gasteiger partial charge in [-0.15, -0.1) is 0 Å². The first-order valence-corrected chi connectivity index (χ1v) is 16.1. The number of hydrogen-bond donors (Lipinski definition) is 1. The molecular weight excluding hydrogens is 609 g/mol. The second-order valence-electron chi connectivity index (χ2n) is 12.0. The molecule has 12 heteroatoms. The molecule has 0 saturated carbocycles. The van der Waals surface area contributed by atoms with Crippen LogP contribution < -0.4 is 21.7 Å². The third-order valence-corrected chi connectivity index (χ3v) is 9.31. The number of nitrogens with zero attached hydrogens (tertiary/aromatic N) is 10. The molecule has 11 nitrogen and oxygen atoms in total. The summed E-state index contributed by atoms with van der Waals surface area (Å²) in [5, 5.41) is 0.898. The van der Waals surface area contributed by atoms with Crippen molar-refractivity contribution in [2.45, 2.75) is 13.3 Å². The molecule has 0 fully saturated rings. The average Bonchev–Trinajstić information content (AvgIpc) is 3.68. The van der Waals surface area contributed by atoms with Crippen molar-refractivity contribution in [1.29, 1.82) is 0 Å². The third kappa shape index (κ3) is 3.76. The van der Waals surface area contributed by atoms with Crippen molar-refractivity contribution in [3.63, 3.8) is 0 Å². The van der Waals surface area contributed by atoms with Gasteiger partial charge < -0.3 is 5.73 Å². The number of benzene rings is 3. The maximum Gasteiger partial charge on any atom is 0.300 e. The van der Waals surface area contributed by atoms with Crippen LogP contribution in [0.4, 0.5) is 11.4 Å². The van der Waals surface area contributed by atoms with Crippen LogP contribution in [0.25, 0.3) is 56.0 Å². The minimum atomic E-state index is -0.363. The lowest BCUT2D eigenvalue weighted by atomic mass is 9.37.